The van der Waals surface area contributed by atoms with Gasteiger partial charge in [-0.1, -0.05) is 10.4 Å². The van der Waals surface area contributed by atoms with Gasteiger partial charge in [0.15, 0.2) is 5.76 Å². The molecule has 0 aliphatic heterocycles. The molecule has 0 spiro atoms. The van der Waals surface area contributed by atoms with Crippen LogP contribution in [0.1, 0.15) is 17.1 Å². The minimum absolute atomic E-state index is 0.145. The quantitative estimate of drug-likeness (QED) is 0.776. The summed E-state index contributed by atoms with van der Waals surface area (Å²) >= 11 is 0. The molecule has 8 heteroatoms. The molecule has 0 saturated heterocycles. The molecule has 0 saturated carbocycles. The van der Waals surface area contributed by atoms with Crippen LogP contribution >= 0.6 is 0 Å². The van der Waals surface area contributed by atoms with Crippen LogP contribution in [0.4, 0.5) is 0 Å². The van der Waals surface area contributed by atoms with E-state index in [1.54, 1.807) is 19.4 Å². The average Bonchev–Trinajstić information content (AvgIpc) is 2.89. The third kappa shape index (κ3) is 3.14. The summed E-state index contributed by atoms with van der Waals surface area (Å²) in [6.07, 6.45) is 1.42. The zero-order valence-corrected chi connectivity index (χ0v) is 9.74. The number of aliphatic carboxylic acids is 1. The van der Waals surface area contributed by atoms with Gasteiger partial charge in [0.25, 0.3) is 0 Å². The molecule has 0 aliphatic carbocycles. The lowest BCUT2D eigenvalue weighted by Gasteiger charge is -1.93. The number of carbonyl (C=O) groups is 1. The molecule has 96 valence electrons. The van der Waals surface area contributed by atoms with Crippen molar-refractivity contribution in [3.63, 3.8) is 0 Å². The van der Waals surface area contributed by atoms with Crippen molar-refractivity contribution < 1.29 is 19.2 Å². The van der Waals surface area contributed by atoms with Crippen LogP contribution in [0.15, 0.2) is 16.8 Å². The van der Waals surface area contributed by atoms with Crippen LogP contribution in [-0.2, 0) is 29.1 Å². The average molecular weight is 252 g/mol. The van der Waals surface area contributed by atoms with E-state index in [4.69, 9.17) is 14.4 Å². The second kappa shape index (κ2) is 5.41. The molecule has 0 aliphatic rings. The SMILES string of the molecule is COCc1cc(Cn2cc(CC(=O)O)nn2)no1. The summed E-state index contributed by atoms with van der Waals surface area (Å²) < 4.78 is 11.4. The van der Waals surface area contributed by atoms with E-state index in [1.165, 1.54) is 4.68 Å². The van der Waals surface area contributed by atoms with Crippen molar-refractivity contribution >= 4 is 5.97 Å². The Morgan fingerprint density at radius 1 is 1.56 bits per heavy atom. The van der Waals surface area contributed by atoms with Crippen LogP contribution in [-0.4, -0.2) is 38.3 Å². The first-order valence-corrected chi connectivity index (χ1v) is 5.21. The Morgan fingerprint density at radius 2 is 2.39 bits per heavy atom. The molecule has 2 rings (SSSR count). The van der Waals surface area contributed by atoms with Crippen LogP contribution in [0, 0.1) is 0 Å². The maximum absolute atomic E-state index is 10.5. The summed E-state index contributed by atoms with van der Waals surface area (Å²) in [6, 6.07) is 1.75. The molecule has 2 aromatic rings. The predicted octanol–water partition coefficient (Wildman–Crippen LogP) is 0.0879. The van der Waals surface area contributed by atoms with Crippen molar-refractivity contribution in [1.29, 1.82) is 0 Å². The summed E-state index contributed by atoms with van der Waals surface area (Å²) in [5.41, 5.74) is 1.08. The number of carboxylic acid groups (broad SMARTS) is 1. The number of ether oxygens (including phenoxy) is 1. The Balaban J connectivity index is 1.99. The highest BCUT2D eigenvalue weighted by Gasteiger charge is 2.08. The van der Waals surface area contributed by atoms with Crippen LogP contribution in [0.5, 0.6) is 0 Å². The number of methoxy groups -OCH3 is 1. The maximum atomic E-state index is 10.5. The van der Waals surface area contributed by atoms with Crippen molar-refractivity contribution in [2.24, 2.45) is 0 Å². The molecular weight excluding hydrogens is 240 g/mol. The summed E-state index contributed by atoms with van der Waals surface area (Å²) in [5.74, 6) is -0.316. The Hall–Kier alpha value is -2.22. The second-order valence-electron chi connectivity index (χ2n) is 3.70. The number of aromatic nitrogens is 4. The fourth-order valence-corrected chi connectivity index (χ4v) is 1.46. The summed E-state index contributed by atoms with van der Waals surface area (Å²) in [5, 5.41) is 20.0. The van der Waals surface area contributed by atoms with Crippen LogP contribution < -0.4 is 0 Å². The monoisotopic (exact) mass is 252 g/mol. The molecule has 0 fully saturated rings. The fraction of sp³-hybridized carbons (Fsp3) is 0.400. The lowest BCUT2D eigenvalue weighted by molar-refractivity contribution is -0.136. The van der Waals surface area contributed by atoms with E-state index >= 15 is 0 Å². The maximum Gasteiger partial charge on any atom is 0.309 e. The predicted molar refractivity (Wildman–Crippen MR) is 57.7 cm³/mol. The summed E-state index contributed by atoms with van der Waals surface area (Å²) in [6.45, 7) is 0.731. The number of carboxylic acids is 1. The van der Waals surface area contributed by atoms with Gasteiger partial charge in [0.1, 0.15) is 12.3 Å². The van der Waals surface area contributed by atoms with Crippen molar-refractivity contribution in [2.75, 3.05) is 7.11 Å². The van der Waals surface area contributed by atoms with E-state index in [0.29, 0.717) is 30.3 Å². The largest absolute Gasteiger partial charge is 0.481 e. The van der Waals surface area contributed by atoms with Gasteiger partial charge in [0.05, 0.1) is 18.7 Å². The minimum atomic E-state index is -0.939. The zero-order valence-electron chi connectivity index (χ0n) is 9.74. The van der Waals surface area contributed by atoms with Gasteiger partial charge in [-0.25, -0.2) is 4.68 Å². The van der Waals surface area contributed by atoms with Crippen molar-refractivity contribution in [3.05, 3.63) is 29.4 Å². The molecule has 8 nitrogen and oxygen atoms in total. The van der Waals surface area contributed by atoms with E-state index in [-0.39, 0.29) is 6.42 Å². The number of hydrogen-bond donors (Lipinski definition) is 1. The van der Waals surface area contributed by atoms with E-state index < -0.39 is 5.97 Å². The standard InChI is InChI=1S/C10H12N4O4/c1-17-6-9-2-8(12-18-9)5-14-4-7(11-13-14)3-10(15)16/h2,4H,3,5-6H2,1H3,(H,15,16). The molecular formula is C10H12N4O4. The highest BCUT2D eigenvalue weighted by molar-refractivity contribution is 5.69. The van der Waals surface area contributed by atoms with E-state index in [1.807, 2.05) is 0 Å². The number of nitrogens with zero attached hydrogens (tertiary/aromatic N) is 4. The lowest BCUT2D eigenvalue weighted by atomic mass is 10.3. The van der Waals surface area contributed by atoms with Crippen molar-refractivity contribution in [3.8, 4) is 0 Å². The van der Waals surface area contributed by atoms with Gasteiger partial charge in [-0.3, -0.25) is 4.79 Å². The van der Waals surface area contributed by atoms with Crippen LogP contribution in [0.3, 0.4) is 0 Å². The third-order valence-corrected chi connectivity index (χ3v) is 2.14. The minimum Gasteiger partial charge on any atom is -0.481 e. The van der Waals surface area contributed by atoms with E-state index in [9.17, 15) is 4.79 Å². The van der Waals surface area contributed by atoms with Crippen molar-refractivity contribution in [1.82, 2.24) is 20.2 Å². The summed E-state index contributed by atoms with van der Waals surface area (Å²) in [7, 11) is 1.57. The van der Waals surface area contributed by atoms with Gasteiger partial charge in [-0.15, -0.1) is 5.10 Å². The second-order valence-corrected chi connectivity index (χ2v) is 3.70. The highest BCUT2D eigenvalue weighted by Crippen LogP contribution is 2.06. The highest BCUT2D eigenvalue weighted by atomic mass is 16.5. The lowest BCUT2D eigenvalue weighted by Crippen LogP contribution is -2.01. The number of hydrogen-bond acceptors (Lipinski definition) is 6. The first-order chi connectivity index (χ1) is 8.67. The Labute approximate surface area is 102 Å². The van der Waals surface area contributed by atoms with Gasteiger partial charge >= 0.3 is 5.97 Å². The molecule has 2 heterocycles. The topological polar surface area (TPSA) is 103 Å². The van der Waals surface area contributed by atoms with Gasteiger partial charge in [0.2, 0.25) is 0 Å². The number of rotatable bonds is 6. The third-order valence-electron chi connectivity index (χ3n) is 2.14. The molecule has 2 aromatic heterocycles. The van der Waals surface area contributed by atoms with Gasteiger partial charge in [0, 0.05) is 19.4 Å². The zero-order chi connectivity index (χ0) is 13.0. The molecule has 0 radical (unpaired) electrons. The first-order valence-electron chi connectivity index (χ1n) is 5.21. The molecule has 0 amide bonds. The van der Waals surface area contributed by atoms with Crippen LogP contribution in [0.25, 0.3) is 0 Å². The van der Waals surface area contributed by atoms with Crippen LogP contribution in [0.2, 0.25) is 0 Å². The van der Waals surface area contributed by atoms with E-state index in [0.717, 1.165) is 0 Å². The Morgan fingerprint density at radius 3 is 3.11 bits per heavy atom. The molecule has 0 bridgehead atoms. The Bertz CT molecular complexity index is 533. The van der Waals surface area contributed by atoms with Gasteiger partial charge < -0.3 is 14.4 Å². The van der Waals surface area contributed by atoms with Gasteiger partial charge in [-0.05, 0) is 0 Å². The molecule has 18 heavy (non-hydrogen) atoms. The molecule has 0 aromatic carbocycles. The normalized spacial score (nSPS) is 10.7. The van der Waals surface area contributed by atoms with Gasteiger partial charge in [-0.2, -0.15) is 0 Å². The fourth-order valence-electron chi connectivity index (χ4n) is 1.46. The summed E-state index contributed by atoms with van der Waals surface area (Å²) in [4.78, 5) is 10.5. The molecule has 0 unspecified atom stereocenters. The molecule has 1 N–H and O–H groups in total. The Kier molecular flexibility index (Phi) is 3.68. The van der Waals surface area contributed by atoms with E-state index in [2.05, 4.69) is 15.5 Å². The first kappa shape index (κ1) is 12.2. The molecule has 0 atom stereocenters. The van der Waals surface area contributed by atoms with Crippen molar-refractivity contribution in [2.45, 2.75) is 19.6 Å². The smallest absolute Gasteiger partial charge is 0.309 e.